The van der Waals surface area contributed by atoms with Crippen LogP contribution in [-0.2, 0) is 0 Å². The summed E-state index contributed by atoms with van der Waals surface area (Å²) in [7, 11) is 0. The van der Waals surface area contributed by atoms with E-state index in [1.807, 2.05) is 6.08 Å². The Balaban J connectivity index is 3.03. The lowest BCUT2D eigenvalue weighted by Crippen LogP contribution is -1.78. The van der Waals surface area contributed by atoms with Gasteiger partial charge in [0.05, 0.1) is 0 Å². The first-order valence-corrected chi connectivity index (χ1v) is 6.79. The van der Waals surface area contributed by atoms with Gasteiger partial charge in [0.25, 0.3) is 0 Å². The molecule has 0 amide bonds. The molecule has 0 unspecified atom stereocenters. The molecular formula is C16H28. The summed E-state index contributed by atoms with van der Waals surface area (Å²) in [5, 5.41) is 0. The predicted molar refractivity (Wildman–Crippen MR) is 75.7 cm³/mol. The molecule has 92 valence electrons. The Morgan fingerprint density at radius 2 is 1.25 bits per heavy atom. The highest BCUT2D eigenvalue weighted by atomic mass is 13.9. The molecule has 0 nitrogen and oxygen atoms in total. The summed E-state index contributed by atoms with van der Waals surface area (Å²) in [4.78, 5) is 0. The van der Waals surface area contributed by atoms with Gasteiger partial charge in [0.1, 0.15) is 0 Å². The van der Waals surface area contributed by atoms with Crippen molar-refractivity contribution in [2.75, 3.05) is 0 Å². The molecule has 0 atom stereocenters. The highest BCUT2D eigenvalue weighted by Crippen LogP contribution is 2.08. The third-order valence-electron chi connectivity index (χ3n) is 2.68. The van der Waals surface area contributed by atoms with E-state index < -0.39 is 0 Å². The Morgan fingerprint density at radius 3 is 1.88 bits per heavy atom. The van der Waals surface area contributed by atoms with Gasteiger partial charge in [-0.05, 0) is 45.4 Å². The summed E-state index contributed by atoms with van der Waals surface area (Å²) in [5.74, 6) is 0. The van der Waals surface area contributed by atoms with Crippen LogP contribution in [0.4, 0.5) is 0 Å². The van der Waals surface area contributed by atoms with E-state index in [-0.39, 0.29) is 0 Å². The first-order chi connectivity index (χ1) is 7.91. The van der Waals surface area contributed by atoms with Crippen LogP contribution in [0.2, 0.25) is 0 Å². The topological polar surface area (TPSA) is 0 Å². The average molecular weight is 220 g/mol. The third-order valence-corrected chi connectivity index (χ3v) is 2.68. The van der Waals surface area contributed by atoms with Gasteiger partial charge in [-0.2, -0.15) is 0 Å². The van der Waals surface area contributed by atoms with Crippen LogP contribution < -0.4 is 0 Å². The highest BCUT2D eigenvalue weighted by Gasteiger charge is 1.88. The van der Waals surface area contributed by atoms with Crippen LogP contribution in [0.3, 0.4) is 0 Å². The number of hydrogen-bond donors (Lipinski definition) is 0. The van der Waals surface area contributed by atoms with Crippen LogP contribution in [0, 0.1) is 0 Å². The summed E-state index contributed by atoms with van der Waals surface area (Å²) < 4.78 is 0. The van der Waals surface area contributed by atoms with Gasteiger partial charge in [-0.1, -0.05) is 49.6 Å². The highest BCUT2D eigenvalue weighted by molar-refractivity contribution is 4.84. The van der Waals surface area contributed by atoms with E-state index in [9.17, 15) is 0 Å². The summed E-state index contributed by atoms with van der Waals surface area (Å²) in [6.45, 7) is 5.81. The van der Waals surface area contributed by atoms with Crippen LogP contribution in [-0.4, -0.2) is 0 Å². The van der Waals surface area contributed by atoms with E-state index in [4.69, 9.17) is 0 Å². The molecule has 0 aromatic rings. The van der Waals surface area contributed by atoms with E-state index in [0.29, 0.717) is 0 Å². The zero-order chi connectivity index (χ0) is 11.9. The van der Waals surface area contributed by atoms with E-state index in [1.54, 1.807) is 0 Å². The molecule has 0 heteroatoms. The van der Waals surface area contributed by atoms with Gasteiger partial charge >= 0.3 is 0 Å². The molecule has 0 radical (unpaired) electrons. The molecule has 0 aliphatic heterocycles. The summed E-state index contributed by atoms with van der Waals surface area (Å²) >= 11 is 0. The summed E-state index contributed by atoms with van der Waals surface area (Å²) in [6.07, 6.45) is 22.7. The zero-order valence-corrected chi connectivity index (χ0v) is 11.0. The van der Waals surface area contributed by atoms with Crippen LogP contribution in [0.5, 0.6) is 0 Å². The SMILES string of the molecule is C=CCCC=CCCCCCCCC=CC. The van der Waals surface area contributed by atoms with Crippen molar-refractivity contribution in [3.05, 3.63) is 37.0 Å². The van der Waals surface area contributed by atoms with Gasteiger partial charge in [-0.15, -0.1) is 6.58 Å². The normalized spacial score (nSPS) is 11.6. The molecule has 0 bridgehead atoms. The molecule has 16 heavy (non-hydrogen) atoms. The van der Waals surface area contributed by atoms with Crippen molar-refractivity contribution in [1.82, 2.24) is 0 Å². The van der Waals surface area contributed by atoms with Crippen molar-refractivity contribution >= 4 is 0 Å². The lowest BCUT2D eigenvalue weighted by Gasteiger charge is -1.98. The van der Waals surface area contributed by atoms with Gasteiger partial charge < -0.3 is 0 Å². The predicted octanol–water partition coefficient (Wildman–Crippen LogP) is 5.82. The van der Waals surface area contributed by atoms with E-state index in [2.05, 4.69) is 37.8 Å². The summed E-state index contributed by atoms with van der Waals surface area (Å²) in [6, 6.07) is 0. The molecule has 0 saturated carbocycles. The van der Waals surface area contributed by atoms with Crippen LogP contribution in [0.25, 0.3) is 0 Å². The quantitative estimate of drug-likeness (QED) is 0.304. The van der Waals surface area contributed by atoms with E-state index in [1.165, 1.54) is 44.9 Å². The van der Waals surface area contributed by atoms with E-state index in [0.717, 1.165) is 12.8 Å². The number of allylic oxidation sites excluding steroid dienone is 5. The van der Waals surface area contributed by atoms with Crippen molar-refractivity contribution in [2.24, 2.45) is 0 Å². The molecule has 0 aromatic carbocycles. The fourth-order valence-corrected chi connectivity index (χ4v) is 1.67. The van der Waals surface area contributed by atoms with Crippen molar-refractivity contribution in [1.29, 1.82) is 0 Å². The molecule has 0 spiro atoms. The fourth-order valence-electron chi connectivity index (χ4n) is 1.67. The van der Waals surface area contributed by atoms with Gasteiger partial charge in [-0.25, -0.2) is 0 Å². The molecule has 0 aliphatic rings. The van der Waals surface area contributed by atoms with Crippen LogP contribution in [0.15, 0.2) is 37.0 Å². The van der Waals surface area contributed by atoms with Crippen LogP contribution >= 0.6 is 0 Å². The van der Waals surface area contributed by atoms with Crippen LogP contribution in [0.1, 0.15) is 64.7 Å². The molecule has 0 aromatic heterocycles. The maximum absolute atomic E-state index is 3.71. The van der Waals surface area contributed by atoms with E-state index >= 15 is 0 Å². The Kier molecular flexibility index (Phi) is 13.5. The number of hydrogen-bond acceptors (Lipinski definition) is 0. The minimum absolute atomic E-state index is 1.11. The molecule has 0 saturated heterocycles. The first kappa shape index (κ1) is 15.2. The Bertz CT molecular complexity index is 186. The second kappa shape index (κ2) is 14.2. The molecule has 0 N–H and O–H groups in total. The Labute approximate surface area is 102 Å². The largest absolute Gasteiger partial charge is 0.103 e. The minimum atomic E-state index is 1.11. The second-order valence-corrected chi connectivity index (χ2v) is 4.25. The molecule has 0 heterocycles. The van der Waals surface area contributed by atoms with Gasteiger partial charge in [0.15, 0.2) is 0 Å². The number of rotatable bonds is 11. The number of unbranched alkanes of at least 4 members (excludes halogenated alkanes) is 7. The van der Waals surface area contributed by atoms with Gasteiger partial charge in [0, 0.05) is 0 Å². The fraction of sp³-hybridized carbons (Fsp3) is 0.625. The standard InChI is InChI=1S/C16H28/c1-3-5-7-9-11-13-15-16-14-12-10-8-6-4-2/h3-4,6,9,11H,1,5,7-8,10,12-16H2,2H3. The lowest BCUT2D eigenvalue weighted by molar-refractivity contribution is 0.621. The first-order valence-electron chi connectivity index (χ1n) is 6.79. The maximum Gasteiger partial charge on any atom is -0.0316 e. The van der Waals surface area contributed by atoms with Gasteiger partial charge in [-0.3, -0.25) is 0 Å². The monoisotopic (exact) mass is 220 g/mol. The van der Waals surface area contributed by atoms with Crippen molar-refractivity contribution in [3.8, 4) is 0 Å². The minimum Gasteiger partial charge on any atom is -0.103 e. The second-order valence-electron chi connectivity index (χ2n) is 4.25. The molecule has 0 rings (SSSR count). The molecule has 0 aliphatic carbocycles. The Hall–Kier alpha value is -0.780. The molecular weight excluding hydrogens is 192 g/mol. The van der Waals surface area contributed by atoms with Crippen molar-refractivity contribution < 1.29 is 0 Å². The van der Waals surface area contributed by atoms with Crippen molar-refractivity contribution in [2.45, 2.75) is 64.7 Å². The smallest absolute Gasteiger partial charge is 0.0316 e. The van der Waals surface area contributed by atoms with Crippen molar-refractivity contribution in [3.63, 3.8) is 0 Å². The average Bonchev–Trinajstić information content (AvgIpc) is 2.31. The Morgan fingerprint density at radius 1 is 0.688 bits per heavy atom. The maximum atomic E-state index is 3.71. The molecule has 0 fully saturated rings. The lowest BCUT2D eigenvalue weighted by atomic mass is 10.1. The third kappa shape index (κ3) is 13.2. The zero-order valence-electron chi connectivity index (χ0n) is 11.0. The summed E-state index contributed by atoms with van der Waals surface area (Å²) in [5.41, 5.74) is 0. The van der Waals surface area contributed by atoms with Gasteiger partial charge in [0.2, 0.25) is 0 Å².